The Labute approximate surface area is 492 Å². The first kappa shape index (κ1) is 74.5. The predicted octanol–water partition coefficient (Wildman–Crippen LogP) is 3.33. The average molecular weight is 1190 g/mol. The molecular formula is C60H108N2O21. The zero-order valence-corrected chi connectivity index (χ0v) is 49.8. The lowest BCUT2D eigenvalue weighted by Crippen LogP contribution is -2.70. The molecule has 3 aliphatic heterocycles. The summed E-state index contributed by atoms with van der Waals surface area (Å²) in [5.41, 5.74) is 0. The van der Waals surface area contributed by atoms with Crippen LogP contribution in [0.1, 0.15) is 201 Å². The molecule has 3 saturated heterocycles. The molecule has 0 aromatic carbocycles. The molecule has 0 bridgehead atoms. The molecule has 3 aliphatic rings. The van der Waals surface area contributed by atoms with Crippen LogP contribution < -0.4 is 10.6 Å². The van der Waals surface area contributed by atoms with E-state index in [9.17, 15) is 75.7 Å². The number of carboxylic acid groups (broad SMARTS) is 1. The van der Waals surface area contributed by atoms with Crippen LogP contribution in [0.25, 0.3) is 0 Å². The van der Waals surface area contributed by atoms with Crippen LogP contribution in [-0.4, -0.2) is 215 Å². The Morgan fingerprint density at radius 1 is 0.627 bits per heavy atom. The smallest absolute Gasteiger partial charge is 0.364 e. The van der Waals surface area contributed by atoms with Gasteiger partial charge in [-0.1, -0.05) is 167 Å². The number of allylic oxidation sites excluding steroid dienone is 3. The standard InChI is InChI=1S/C60H108N2O21/c1-4-6-8-10-12-14-16-17-18-19-20-21-22-24-25-27-29-31-33-42(67)41(62-47(70)34-32-30-28-26-23-15-13-11-9-7-5-2)39-78-57-52(74)51(73)54(46(38-65)80-57)81-58-53(75)56(50(72)45(37-64)79-58)83-60(59(76)77)35-43(68)48(61-40(3)66)55(82-60)49(71)44(69)36-63/h11,13,31,33,41-46,48-58,63-65,67-69,71-75H,4-10,12,14-30,32,34-39H2,1-3H3,(H,61,66)(H,62,70)(H,76,77)/b13-11-,33-31+. The summed E-state index contributed by atoms with van der Waals surface area (Å²) < 4.78 is 34.7. The third-order valence-corrected chi connectivity index (χ3v) is 15.9. The lowest BCUT2D eigenvalue weighted by atomic mass is 9.88. The van der Waals surface area contributed by atoms with Crippen molar-refractivity contribution >= 4 is 17.8 Å². The fraction of sp³-hybridized carbons (Fsp3) is 0.883. The molecule has 23 heteroatoms. The van der Waals surface area contributed by atoms with E-state index in [0.29, 0.717) is 12.8 Å². The van der Waals surface area contributed by atoms with Crippen LogP contribution >= 0.6 is 0 Å². The number of hydrogen-bond donors (Lipinski definition) is 14. The van der Waals surface area contributed by atoms with Crippen LogP contribution in [0, 0.1) is 0 Å². The van der Waals surface area contributed by atoms with Crippen LogP contribution in [0.4, 0.5) is 0 Å². The number of ether oxygens (including phenoxy) is 6. The van der Waals surface area contributed by atoms with Gasteiger partial charge in [0.05, 0.1) is 50.7 Å². The van der Waals surface area contributed by atoms with Crippen molar-refractivity contribution in [2.45, 2.75) is 310 Å². The van der Waals surface area contributed by atoms with E-state index in [1.165, 1.54) is 89.9 Å². The van der Waals surface area contributed by atoms with E-state index < -0.39 is 155 Å². The van der Waals surface area contributed by atoms with Crippen LogP contribution in [0.5, 0.6) is 0 Å². The highest BCUT2D eigenvalue weighted by Crippen LogP contribution is 2.38. The molecule has 0 aromatic rings. The Balaban J connectivity index is 1.66. The van der Waals surface area contributed by atoms with Crippen molar-refractivity contribution in [3.05, 3.63) is 24.3 Å². The predicted molar refractivity (Wildman–Crippen MR) is 306 cm³/mol. The second kappa shape index (κ2) is 42.2. The van der Waals surface area contributed by atoms with E-state index in [0.717, 1.165) is 71.1 Å². The Bertz CT molecular complexity index is 1800. The van der Waals surface area contributed by atoms with Crippen molar-refractivity contribution in [2.24, 2.45) is 0 Å². The van der Waals surface area contributed by atoms with E-state index in [2.05, 4.69) is 36.6 Å². The van der Waals surface area contributed by atoms with E-state index in [-0.39, 0.29) is 12.3 Å². The molecule has 18 atom stereocenters. The third-order valence-electron chi connectivity index (χ3n) is 15.9. The number of unbranched alkanes of at least 4 members (excludes halogenated alkanes) is 23. The van der Waals surface area contributed by atoms with Gasteiger partial charge in [-0.25, -0.2) is 4.79 Å². The number of amides is 2. The van der Waals surface area contributed by atoms with Crippen LogP contribution in [0.15, 0.2) is 24.3 Å². The van der Waals surface area contributed by atoms with Crippen LogP contribution in [-0.2, 0) is 42.8 Å². The van der Waals surface area contributed by atoms with E-state index in [4.69, 9.17) is 28.4 Å². The Morgan fingerprint density at radius 2 is 1.14 bits per heavy atom. The first-order valence-corrected chi connectivity index (χ1v) is 31.2. The normalized spacial score (nSPS) is 30.1. The van der Waals surface area contributed by atoms with Gasteiger partial charge in [-0.3, -0.25) is 9.59 Å². The molecule has 2 amide bonds. The van der Waals surface area contributed by atoms with E-state index in [1.54, 1.807) is 6.08 Å². The Kier molecular flexibility index (Phi) is 37.8. The van der Waals surface area contributed by atoms with Crippen molar-refractivity contribution in [3.63, 3.8) is 0 Å². The Morgan fingerprint density at radius 3 is 1.67 bits per heavy atom. The molecule has 83 heavy (non-hydrogen) atoms. The molecule has 14 N–H and O–H groups in total. The highest BCUT2D eigenvalue weighted by molar-refractivity contribution is 5.77. The molecule has 3 rings (SSSR count). The molecule has 0 saturated carbocycles. The van der Waals surface area contributed by atoms with E-state index in [1.807, 2.05) is 6.08 Å². The van der Waals surface area contributed by atoms with Crippen molar-refractivity contribution in [2.75, 3.05) is 26.4 Å². The van der Waals surface area contributed by atoms with Crippen molar-refractivity contribution in [3.8, 4) is 0 Å². The highest BCUT2D eigenvalue weighted by atomic mass is 16.8. The average Bonchev–Trinajstić information content (AvgIpc) is 3.49. The van der Waals surface area contributed by atoms with Gasteiger partial charge < -0.3 is 100 Å². The summed E-state index contributed by atoms with van der Waals surface area (Å²) in [5.74, 6) is -6.16. The summed E-state index contributed by atoms with van der Waals surface area (Å²) in [5, 5.41) is 135. The van der Waals surface area contributed by atoms with Crippen LogP contribution in [0.2, 0.25) is 0 Å². The van der Waals surface area contributed by atoms with Gasteiger partial charge in [-0.2, -0.15) is 0 Å². The fourth-order valence-electron chi connectivity index (χ4n) is 10.8. The molecule has 3 fully saturated rings. The van der Waals surface area contributed by atoms with Gasteiger partial charge in [0.25, 0.3) is 5.79 Å². The number of hydrogen-bond acceptors (Lipinski definition) is 20. The fourth-order valence-corrected chi connectivity index (χ4v) is 10.8. The van der Waals surface area contributed by atoms with Gasteiger partial charge in [0.1, 0.15) is 67.1 Å². The van der Waals surface area contributed by atoms with Gasteiger partial charge in [-0.15, -0.1) is 0 Å². The zero-order valence-electron chi connectivity index (χ0n) is 49.8. The minimum atomic E-state index is -3.08. The number of rotatable bonds is 45. The van der Waals surface area contributed by atoms with Crippen molar-refractivity contribution in [1.29, 1.82) is 0 Å². The molecule has 0 aliphatic carbocycles. The van der Waals surface area contributed by atoms with E-state index >= 15 is 0 Å². The molecule has 484 valence electrons. The van der Waals surface area contributed by atoms with Crippen molar-refractivity contribution < 1.29 is 104 Å². The number of aliphatic hydroxyl groups excluding tert-OH is 11. The SMILES string of the molecule is CCCC/C=C\CCCCCCCC(=O)NC(COC1OC(CO)C(OC2OC(CO)C(O)C(OC3(C(=O)O)CC(O)C(NC(C)=O)C(C(O)C(O)CO)O3)C2O)C(O)C1O)C(O)/C=C/CCCCCCCCCCCCCCCCCC. The summed E-state index contributed by atoms with van der Waals surface area (Å²) in [4.78, 5) is 38.3. The first-order chi connectivity index (χ1) is 39.9. The van der Waals surface area contributed by atoms with Gasteiger partial charge in [0, 0.05) is 19.8 Å². The molecule has 18 unspecified atom stereocenters. The quantitative estimate of drug-likeness (QED) is 0.0307. The largest absolute Gasteiger partial charge is 0.477 e. The topological polar surface area (TPSA) is 373 Å². The monoisotopic (exact) mass is 1190 g/mol. The molecule has 3 heterocycles. The number of carbonyl (C=O) groups is 3. The molecule has 0 radical (unpaired) electrons. The first-order valence-electron chi connectivity index (χ1n) is 31.2. The molecular weight excluding hydrogens is 1080 g/mol. The van der Waals surface area contributed by atoms with Gasteiger partial charge >= 0.3 is 5.97 Å². The number of carboxylic acids is 1. The third kappa shape index (κ3) is 26.2. The summed E-state index contributed by atoms with van der Waals surface area (Å²) in [6.07, 6.45) is 8.21. The second-order valence-corrected chi connectivity index (χ2v) is 22.9. The maximum Gasteiger partial charge on any atom is 0.364 e. The van der Waals surface area contributed by atoms with Gasteiger partial charge in [-0.05, 0) is 38.5 Å². The molecule has 0 aromatic heterocycles. The summed E-state index contributed by atoms with van der Waals surface area (Å²) in [6, 6.07) is -2.62. The molecule has 0 spiro atoms. The maximum absolute atomic E-state index is 13.3. The summed E-state index contributed by atoms with van der Waals surface area (Å²) in [7, 11) is 0. The second-order valence-electron chi connectivity index (χ2n) is 22.9. The van der Waals surface area contributed by atoms with Gasteiger partial charge in [0.15, 0.2) is 12.6 Å². The summed E-state index contributed by atoms with van der Waals surface area (Å²) >= 11 is 0. The highest BCUT2D eigenvalue weighted by Gasteiger charge is 2.60. The minimum Gasteiger partial charge on any atom is -0.477 e. The molecule has 23 nitrogen and oxygen atoms in total. The number of aliphatic carboxylic acids is 1. The number of carbonyl (C=O) groups excluding carboxylic acids is 2. The minimum absolute atomic E-state index is 0.189. The van der Waals surface area contributed by atoms with Crippen LogP contribution in [0.3, 0.4) is 0 Å². The lowest BCUT2D eigenvalue weighted by molar-refractivity contribution is -0.386. The summed E-state index contributed by atoms with van der Waals surface area (Å²) in [6.45, 7) is 2.05. The maximum atomic E-state index is 13.3. The lowest BCUT2D eigenvalue weighted by Gasteiger charge is -2.50. The number of nitrogens with one attached hydrogen (secondary N) is 2. The Hall–Kier alpha value is -2.79. The number of aliphatic hydroxyl groups is 11. The van der Waals surface area contributed by atoms with Gasteiger partial charge in [0.2, 0.25) is 11.8 Å². The van der Waals surface area contributed by atoms with Crippen molar-refractivity contribution in [1.82, 2.24) is 10.6 Å². The zero-order chi connectivity index (χ0) is 61.2.